The maximum Gasteiger partial charge on any atom is 0.222 e. The van der Waals surface area contributed by atoms with E-state index in [-0.39, 0.29) is 5.91 Å². The van der Waals surface area contributed by atoms with Gasteiger partial charge in [0.15, 0.2) is 0 Å². The molecule has 1 atom stereocenters. The van der Waals surface area contributed by atoms with E-state index < -0.39 is 0 Å². The third-order valence-electron chi connectivity index (χ3n) is 3.84. The second kappa shape index (κ2) is 6.54. The summed E-state index contributed by atoms with van der Waals surface area (Å²) in [6.45, 7) is 4.70. The number of benzene rings is 1. The molecule has 1 fully saturated rings. The highest BCUT2D eigenvalue weighted by atomic mass is 32.1. The zero-order valence-corrected chi connectivity index (χ0v) is 13.2. The van der Waals surface area contributed by atoms with Crippen molar-refractivity contribution in [1.29, 1.82) is 0 Å². The van der Waals surface area contributed by atoms with Gasteiger partial charge in [0.05, 0.1) is 15.2 Å². The number of thiazole rings is 1. The standard InChI is InChI=1S/C16H21N3OS/c1-12-11-19(10-9-17-12)16(20)8-4-7-15-18-13-5-2-3-6-14(13)21-15/h2-3,5-6,12,17H,4,7-11H2,1H3. The summed E-state index contributed by atoms with van der Waals surface area (Å²) in [5.41, 5.74) is 1.07. The summed E-state index contributed by atoms with van der Waals surface area (Å²) in [4.78, 5) is 18.8. The first-order chi connectivity index (χ1) is 10.2. The number of fused-ring (bicyclic) bond motifs is 1. The number of hydrogen-bond acceptors (Lipinski definition) is 4. The molecule has 1 aromatic heterocycles. The fourth-order valence-electron chi connectivity index (χ4n) is 2.73. The van der Waals surface area contributed by atoms with E-state index in [2.05, 4.69) is 23.3 Å². The van der Waals surface area contributed by atoms with E-state index >= 15 is 0 Å². The maximum absolute atomic E-state index is 12.2. The number of carbonyl (C=O) groups is 1. The van der Waals surface area contributed by atoms with Crippen molar-refractivity contribution in [2.24, 2.45) is 0 Å². The second-order valence-electron chi connectivity index (χ2n) is 5.62. The molecule has 1 unspecified atom stereocenters. The van der Waals surface area contributed by atoms with Gasteiger partial charge >= 0.3 is 0 Å². The van der Waals surface area contributed by atoms with Gasteiger partial charge in [0, 0.05) is 32.1 Å². The summed E-state index contributed by atoms with van der Waals surface area (Å²) in [5, 5.41) is 4.50. The lowest BCUT2D eigenvalue weighted by Crippen LogP contribution is -2.51. The molecular weight excluding hydrogens is 282 g/mol. The zero-order valence-electron chi connectivity index (χ0n) is 12.3. The van der Waals surface area contributed by atoms with E-state index in [9.17, 15) is 4.79 Å². The molecule has 21 heavy (non-hydrogen) atoms. The molecule has 3 rings (SSSR count). The summed E-state index contributed by atoms with van der Waals surface area (Å²) in [6.07, 6.45) is 2.41. The number of amides is 1. The van der Waals surface area contributed by atoms with Gasteiger partial charge in [0.1, 0.15) is 0 Å². The Morgan fingerprint density at radius 3 is 3.14 bits per heavy atom. The molecule has 1 saturated heterocycles. The lowest BCUT2D eigenvalue weighted by atomic mass is 10.2. The Kier molecular flexibility index (Phi) is 4.51. The first kappa shape index (κ1) is 14.5. The lowest BCUT2D eigenvalue weighted by molar-refractivity contribution is -0.132. The highest BCUT2D eigenvalue weighted by Gasteiger charge is 2.19. The predicted molar refractivity (Wildman–Crippen MR) is 86.6 cm³/mol. The molecule has 1 N–H and O–H groups in total. The minimum atomic E-state index is 0.282. The summed E-state index contributed by atoms with van der Waals surface area (Å²) < 4.78 is 1.23. The van der Waals surface area contributed by atoms with Crippen LogP contribution in [0, 0.1) is 0 Å². The van der Waals surface area contributed by atoms with Crippen LogP contribution in [-0.4, -0.2) is 41.5 Å². The van der Waals surface area contributed by atoms with Crippen LogP contribution in [0.4, 0.5) is 0 Å². The Hall–Kier alpha value is -1.46. The van der Waals surface area contributed by atoms with Gasteiger partial charge in [-0.2, -0.15) is 0 Å². The van der Waals surface area contributed by atoms with Gasteiger partial charge in [-0.1, -0.05) is 12.1 Å². The quantitative estimate of drug-likeness (QED) is 0.943. The van der Waals surface area contributed by atoms with Gasteiger partial charge in [0.2, 0.25) is 5.91 Å². The zero-order chi connectivity index (χ0) is 14.7. The van der Waals surface area contributed by atoms with Crippen LogP contribution in [0.15, 0.2) is 24.3 Å². The summed E-state index contributed by atoms with van der Waals surface area (Å²) in [6, 6.07) is 8.61. The number of nitrogens with one attached hydrogen (secondary N) is 1. The molecular formula is C16H21N3OS. The van der Waals surface area contributed by atoms with Gasteiger partial charge in [-0.15, -0.1) is 11.3 Å². The van der Waals surface area contributed by atoms with Gasteiger partial charge < -0.3 is 10.2 Å². The Morgan fingerprint density at radius 2 is 2.33 bits per heavy atom. The van der Waals surface area contributed by atoms with E-state index in [0.29, 0.717) is 12.5 Å². The number of aryl methyl sites for hydroxylation is 1. The van der Waals surface area contributed by atoms with Gasteiger partial charge in [-0.05, 0) is 31.9 Å². The van der Waals surface area contributed by atoms with Gasteiger partial charge in [-0.25, -0.2) is 4.98 Å². The number of carbonyl (C=O) groups excluding carboxylic acids is 1. The number of nitrogens with zero attached hydrogens (tertiary/aromatic N) is 2. The van der Waals surface area contributed by atoms with E-state index in [1.807, 2.05) is 23.1 Å². The molecule has 2 heterocycles. The largest absolute Gasteiger partial charge is 0.340 e. The summed E-state index contributed by atoms with van der Waals surface area (Å²) in [7, 11) is 0. The molecule has 5 heteroatoms. The number of piperazine rings is 1. The molecule has 1 amide bonds. The van der Waals surface area contributed by atoms with Crippen LogP contribution in [0.5, 0.6) is 0 Å². The first-order valence-electron chi connectivity index (χ1n) is 7.58. The van der Waals surface area contributed by atoms with Gasteiger partial charge in [0.25, 0.3) is 0 Å². The van der Waals surface area contributed by atoms with E-state index in [4.69, 9.17) is 0 Å². The van der Waals surface area contributed by atoms with Crippen LogP contribution in [-0.2, 0) is 11.2 Å². The lowest BCUT2D eigenvalue weighted by Gasteiger charge is -2.32. The minimum absolute atomic E-state index is 0.282. The highest BCUT2D eigenvalue weighted by Crippen LogP contribution is 2.22. The molecule has 1 aromatic carbocycles. The Balaban J connectivity index is 1.50. The van der Waals surface area contributed by atoms with Crippen LogP contribution in [0.1, 0.15) is 24.8 Å². The highest BCUT2D eigenvalue weighted by molar-refractivity contribution is 7.18. The number of aromatic nitrogens is 1. The first-order valence-corrected chi connectivity index (χ1v) is 8.39. The smallest absolute Gasteiger partial charge is 0.222 e. The van der Waals surface area contributed by atoms with Gasteiger partial charge in [-0.3, -0.25) is 4.79 Å². The predicted octanol–water partition coefficient (Wildman–Crippen LogP) is 2.44. The molecule has 0 radical (unpaired) electrons. The molecule has 4 nitrogen and oxygen atoms in total. The fourth-order valence-corrected chi connectivity index (χ4v) is 3.74. The van der Waals surface area contributed by atoms with Crippen LogP contribution in [0.25, 0.3) is 10.2 Å². The Labute approximate surface area is 129 Å². The second-order valence-corrected chi connectivity index (χ2v) is 6.74. The van der Waals surface area contributed by atoms with Crippen molar-refractivity contribution in [2.45, 2.75) is 32.2 Å². The van der Waals surface area contributed by atoms with Crippen molar-refractivity contribution >= 4 is 27.5 Å². The van der Waals surface area contributed by atoms with Crippen molar-refractivity contribution in [1.82, 2.24) is 15.2 Å². The van der Waals surface area contributed by atoms with Crippen LogP contribution in [0.3, 0.4) is 0 Å². The number of hydrogen-bond donors (Lipinski definition) is 1. The topological polar surface area (TPSA) is 45.2 Å². The van der Waals surface area contributed by atoms with Crippen molar-refractivity contribution in [3.63, 3.8) is 0 Å². The minimum Gasteiger partial charge on any atom is -0.340 e. The molecule has 0 spiro atoms. The number of rotatable bonds is 4. The molecule has 1 aliphatic heterocycles. The molecule has 0 aliphatic carbocycles. The number of para-hydroxylation sites is 1. The fraction of sp³-hybridized carbons (Fsp3) is 0.500. The SMILES string of the molecule is CC1CN(C(=O)CCCc2nc3ccccc3s2)CCN1. The van der Waals surface area contributed by atoms with Crippen molar-refractivity contribution in [3.8, 4) is 0 Å². The molecule has 112 valence electrons. The molecule has 1 aliphatic rings. The average molecular weight is 303 g/mol. The monoisotopic (exact) mass is 303 g/mol. The summed E-state index contributed by atoms with van der Waals surface area (Å²) in [5.74, 6) is 0.282. The maximum atomic E-state index is 12.2. The Morgan fingerprint density at radius 1 is 1.48 bits per heavy atom. The third-order valence-corrected chi connectivity index (χ3v) is 4.94. The van der Waals surface area contributed by atoms with Crippen molar-refractivity contribution in [3.05, 3.63) is 29.3 Å². The average Bonchev–Trinajstić information content (AvgIpc) is 2.89. The van der Waals surface area contributed by atoms with Crippen molar-refractivity contribution < 1.29 is 4.79 Å². The van der Waals surface area contributed by atoms with E-state index in [1.54, 1.807) is 11.3 Å². The van der Waals surface area contributed by atoms with Crippen molar-refractivity contribution in [2.75, 3.05) is 19.6 Å². The van der Waals surface area contributed by atoms with E-state index in [1.165, 1.54) is 4.70 Å². The Bertz CT molecular complexity index is 592. The molecule has 2 aromatic rings. The molecule has 0 saturated carbocycles. The van der Waals surface area contributed by atoms with Crippen LogP contribution >= 0.6 is 11.3 Å². The summed E-state index contributed by atoms with van der Waals surface area (Å²) >= 11 is 1.74. The normalized spacial score (nSPS) is 19.1. The third kappa shape index (κ3) is 3.60. The van der Waals surface area contributed by atoms with E-state index in [0.717, 1.165) is 43.0 Å². The van der Waals surface area contributed by atoms with Crippen LogP contribution in [0.2, 0.25) is 0 Å². The van der Waals surface area contributed by atoms with Crippen LogP contribution < -0.4 is 5.32 Å². The molecule has 0 bridgehead atoms.